The summed E-state index contributed by atoms with van der Waals surface area (Å²) < 4.78 is 0. The Morgan fingerprint density at radius 3 is 2.52 bits per heavy atom. The maximum Gasteiger partial charge on any atom is 0.306 e. The minimum atomic E-state index is -0.776. The molecule has 0 atom stereocenters. The fourth-order valence-electron chi connectivity index (χ4n) is 3.00. The smallest absolute Gasteiger partial charge is 0.306 e. The van der Waals surface area contributed by atoms with Gasteiger partial charge in [0, 0.05) is 17.7 Å². The van der Waals surface area contributed by atoms with Gasteiger partial charge in [0.15, 0.2) is 0 Å². The summed E-state index contributed by atoms with van der Waals surface area (Å²) in [5.41, 5.74) is 1.15. The Kier molecular flexibility index (Phi) is 5.31. The number of carbonyl (C=O) groups is 2. The molecule has 0 spiro atoms. The highest BCUT2D eigenvalue weighted by atomic mass is 16.6. The zero-order chi connectivity index (χ0) is 17.0. The number of nitro benzene ring substituents is 1. The van der Waals surface area contributed by atoms with Crippen LogP contribution in [0.3, 0.4) is 0 Å². The standard InChI is InChI=1S/C16H20N2O5/c1-10-12(3-2-4-14(10)18(22)23)9-15(19)17-13-7-5-11(6-8-13)16(20)21/h2-4,11,13H,5-9H2,1H3,(H,17,19)(H,20,21). The van der Waals surface area contributed by atoms with E-state index in [-0.39, 0.29) is 30.0 Å². The molecule has 1 fully saturated rings. The molecule has 0 aliphatic heterocycles. The zero-order valence-corrected chi connectivity index (χ0v) is 12.9. The van der Waals surface area contributed by atoms with Crippen LogP contribution in [0.2, 0.25) is 0 Å². The number of carboxylic acids is 1. The Bertz CT molecular complexity index is 621. The van der Waals surface area contributed by atoms with Crippen molar-refractivity contribution in [3.63, 3.8) is 0 Å². The second-order valence-electron chi connectivity index (χ2n) is 5.95. The van der Waals surface area contributed by atoms with E-state index in [1.807, 2.05) is 0 Å². The van der Waals surface area contributed by atoms with Crippen molar-refractivity contribution in [3.05, 3.63) is 39.4 Å². The molecule has 0 saturated heterocycles. The van der Waals surface area contributed by atoms with E-state index in [1.165, 1.54) is 6.07 Å². The molecule has 0 aromatic heterocycles. The number of carbonyl (C=O) groups excluding carboxylic acids is 1. The van der Waals surface area contributed by atoms with Crippen molar-refractivity contribution >= 4 is 17.6 Å². The highest BCUT2D eigenvalue weighted by molar-refractivity contribution is 5.79. The van der Waals surface area contributed by atoms with Crippen molar-refractivity contribution in [2.45, 2.75) is 45.1 Å². The van der Waals surface area contributed by atoms with Crippen LogP contribution in [0, 0.1) is 23.0 Å². The van der Waals surface area contributed by atoms with E-state index in [1.54, 1.807) is 19.1 Å². The number of hydrogen-bond acceptors (Lipinski definition) is 4. The average molecular weight is 320 g/mol. The minimum Gasteiger partial charge on any atom is -0.481 e. The maximum absolute atomic E-state index is 12.1. The molecular weight excluding hydrogens is 300 g/mol. The lowest BCUT2D eigenvalue weighted by molar-refractivity contribution is -0.385. The minimum absolute atomic E-state index is 0.0114. The first-order valence-corrected chi connectivity index (χ1v) is 7.63. The van der Waals surface area contributed by atoms with Crippen LogP contribution in [-0.4, -0.2) is 27.9 Å². The maximum atomic E-state index is 12.1. The van der Waals surface area contributed by atoms with Crippen molar-refractivity contribution in [2.24, 2.45) is 5.92 Å². The Morgan fingerprint density at radius 2 is 1.96 bits per heavy atom. The van der Waals surface area contributed by atoms with Gasteiger partial charge in [0.2, 0.25) is 5.91 Å². The molecule has 0 radical (unpaired) electrons. The highest BCUT2D eigenvalue weighted by Gasteiger charge is 2.26. The largest absolute Gasteiger partial charge is 0.481 e. The van der Waals surface area contributed by atoms with Gasteiger partial charge in [0.05, 0.1) is 17.3 Å². The van der Waals surface area contributed by atoms with E-state index in [4.69, 9.17) is 5.11 Å². The van der Waals surface area contributed by atoms with Crippen LogP contribution < -0.4 is 5.32 Å². The van der Waals surface area contributed by atoms with Crippen molar-refractivity contribution in [1.29, 1.82) is 0 Å². The SMILES string of the molecule is Cc1c(CC(=O)NC2CCC(C(=O)O)CC2)cccc1[N+](=O)[O-]. The van der Waals surface area contributed by atoms with Crippen molar-refractivity contribution in [2.75, 3.05) is 0 Å². The lowest BCUT2D eigenvalue weighted by atomic mass is 9.86. The van der Waals surface area contributed by atoms with Crippen LogP contribution in [0.25, 0.3) is 0 Å². The monoisotopic (exact) mass is 320 g/mol. The number of nitro groups is 1. The number of nitrogens with zero attached hydrogens (tertiary/aromatic N) is 1. The lowest BCUT2D eigenvalue weighted by Gasteiger charge is -2.26. The molecule has 1 saturated carbocycles. The van der Waals surface area contributed by atoms with Crippen LogP contribution in [0.4, 0.5) is 5.69 Å². The zero-order valence-electron chi connectivity index (χ0n) is 12.9. The highest BCUT2D eigenvalue weighted by Crippen LogP contribution is 2.25. The molecule has 1 aliphatic rings. The summed E-state index contributed by atoms with van der Waals surface area (Å²) in [7, 11) is 0. The van der Waals surface area contributed by atoms with Gasteiger partial charge in [-0.1, -0.05) is 12.1 Å². The van der Waals surface area contributed by atoms with Crippen LogP contribution >= 0.6 is 0 Å². The molecule has 1 aromatic rings. The molecule has 1 aromatic carbocycles. The summed E-state index contributed by atoms with van der Waals surface area (Å²) in [6, 6.07) is 4.69. The first kappa shape index (κ1) is 16.9. The number of aliphatic carboxylic acids is 1. The number of hydrogen-bond donors (Lipinski definition) is 2. The van der Waals surface area contributed by atoms with E-state index in [9.17, 15) is 19.7 Å². The van der Waals surface area contributed by atoms with Gasteiger partial charge in [-0.2, -0.15) is 0 Å². The fourth-order valence-corrected chi connectivity index (χ4v) is 3.00. The molecule has 2 rings (SSSR count). The van der Waals surface area contributed by atoms with Gasteiger partial charge in [-0.25, -0.2) is 0 Å². The van der Waals surface area contributed by atoms with Gasteiger partial charge in [0.1, 0.15) is 0 Å². The van der Waals surface area contributed by atoms with E-state index in [2.05, 4.69) is 5.32 Å². The van der Waals surface area contributed by atoms with E-state index >= 15 is 0 Å². The fraction of sp³-hybridized carbons (Fsp3) is 0.500. The summed E-state index contributed by atoms with van der Waals surface area (Å²) in [4.78, 5) is 33.5. The van der Waals surface area contributed by atoms with Gasteiger partial charge in [-0.3, -0.25) is 19.7 Å². The molecule has 0 heterocycles. The summed E-state index contributed by atoms with van der Waals surface area (Å²) in [6.07, 6.45) is 2.52. The van der Waals surface area contributed by atoms with Crippen LogP contribution in [0.15, 0.2) is 18.2 Å². The molecular formula is C16H20N2O5. The predicted molar refractivity (Wildman–Crippen MR) is 83.1 cm³/mol. The van der Waals surface area contributed by atoms with Gasteiger partial charge in [0.25, 0.3) is 5.69 Å². The molecule has 7 nitrogen and oxygen atoms in total. The Balaban J connectivity index is 1.92. The van der Waals surface area contributed by atoms with E-state index in [0.29, 0.717) is 36.8 Å². The van der Waals surface area contributed by atoms with E-state index in [0.717, 1.165) is 0 Å². The number of carboxylic acid groups (broad SMARTS) is 1. The molecule has 0 unspecified atom stereocenters. The Labute approximate surface area is 133 Å². The normalized spacial score (nSPS) is 20.7. The van der Waals surface area contributed by atoms with Crippen LogP contribution in [-0.2, 0) is 16.0 Å². The summed E-state index contributed by atoms with van der Waals surface area (Å²) >= 11 is 0. The average Bonchev–Trinajstić information content (AvgIpc) is 2.49. The first-order valence-electron chi connectivity index (χ1n) is 7.63. The molecule has 2 N–H and O–H groups in total. The third-order valence-electron chi connectivity index (χ3n) is 4.41. The topological polar surface area (TPSA) is 110 Å². The summed E-state index contributed by atoms with van der Waals surface area (Å²) in [5, 5.41) is 22.8. The predicted octanol–water partition coefficient (Wildman–Crippen LogP) is 2.21. The summed E-state index contributed by atoms with van der Waals surface area (Å²) in [6.45, 7) is 1.64. The second-order valence-corrected chi connectivity index (χ2v) is 5.95. The van der Waals surface area contributed by atoms with Gasteiger partial charge < -0.3 is 10.4 Å². The number of benzene rings is 1. The first-order chi connectivity index (χ1) is 10.9. The van der Waals surface area contributed by atoms with Gasteiger partial charge in [-0.15, -0.1) is 0 Å². The second kappa shape index (κ2) is 7.21. The van der Waals surface area contributed by atoms with Crippen molar-refractivity contribution in [1.82, 2.24) is 5.32 Å². The molecule has 23 heavy (non-hydrogen) atoms. The number of amides is 1. The number of rotatable bonds is 5. The molecule has 7 heteroatoms. The third kappa shape index (κ3) is 4.28. The van der Waals surface area contributed by atoms with Crippen molar-refractivity contribution < 1.29 is 19.6 Å². The van der Waals surface area contributed by atoms with Gasteiger partial charge >= 0.3 is 5.97 Å². The Morgan fingerprint density at radius 1 is 1.30 bits per heavy atom. The molecule has 1 aliphatic carbocycles. The van der Waals surface area contributed by atoms with Crippen LogP contribution in [0.5, 0.6) is 0 Å². The Hall–Kier alpha value is -2.44. The molecule has 124 valence electrons. The third-order valence-corrected chi connectivity index (χ3v) is 4.41. The van der Waals surface area contributed by atoms with Crippen LogP contribution in [0.1, 0.15) is 36.8 Å². The lowest BCUT2D eigenvalue weighted by Crippen LogP contribution is -2.39. The molecule has 1 amide bonds. The summed E-state index contributed by atoms with van der Waals surface area (Å²) in [5.74, 6) is -1.28. The molecule has 0 bridgehead atoms. The quantitative estimate of drug-likeness (QED) is 0.638. The van der Waals surface area contributed by atoms with Gasteiger partial charge in [-0.05, 0) is 38.2 Å². The number of nitrogens with one attached hydrogen (secondary N) is 1. The van der Waals surface area contributed by atoms with E-state index < -0.39 is 10.9 Å². The van der Waals surface area contributed by atoms with Crippen molar-refractivity contribution in [3.8, 4) is 0 Å².